The van der Waals surface area contributed by atoms with Gasteiger partial charge in [0.2, 0.25) is 0 Å². The molecule has 1 aromatic rings. The van der Waals surface area contributed by atoms with Crippen LogP contribution >= 0.6 is 0 Å². The zero-order chi connectivity index (χ0) is 11.4. The molecule has 1 saturated carbocycles. The van der Waals surface area contributed by atoms with Gasteiger partial charge in [-0.2, -0.15) is 5.10 Å². The first-order chi connectivity index (χ1) is 7.77. The van der Waals surface area contributed by atoms with Crippen molar-refractivity contribution in [3.05, 3.63) is 35.9 Å². The summed E-state index contributed by atoms with van der Waals surface area (Å²) in [4.78, 5) is 0. The molecule has 0 N–H and O–H groups in total. The van der Waals surface area contributed by atoms with Crippen LogP contribution in [0.3, 0.4) is 0 Å². The third kappa shape index (κ3) is 2.63. The van der Waals surface area contributed by atoms with Crippen LogP contribution in [-0.4, -0.2) is 24.8 Å². The van der Waals surface area contributed by atoms with E-state index >= 15 is 0 Å². The molecule has 16 heavy (non-hydrogen) atoms. The average molecular weight is 216 g/mol. The Morgan fingerprint density at radius 1 is 1.12 bits per heavy atom. The fourth-order valence-electron chi connectivity index (χ4n) is 2.42. The molecule has 1 fully saturated rings. The van der Waals surface area contributed by atoms with Gasteiger partial charge in [0.15, 0.2) is 0 Å². The summed E-state index contributed by atoms with van der Waals surface area (Å²) in [5.74, 6) is 0.539. The summed E-state index contributed by atoms with van der Waals surface area (Å²) >= 11 is 0. The number of hydrogen-bond acceptors (Lipinski definition) is 2. The second-order valence-corrected chi connectivity index (χ2v) is 4.65. The summed E-state index contributed by atoms with van der Waals surface area (Å²) in [5.41, 5.74) is 2.77. The Labute approximate surface area is 98.0 Å². The summed E-state index contributed by atoms with van der Waals surface area (Å²) in [5, 5.41) is 6.57. The molecule has 0 spiro atoms. The van der Waals surface area contributed by atoms with Crippen LogP contribution in [0.15, 0.2) is 35.4 Å². The number of hydrogen-bond donors (Lipinski definition) is 0. The van der Waals surface area contributed by atoms with Gasteiger partial charge in [-0.25, -0.2) is 0 Å². The van der Waals surface area contributed by atoms with Gasteiger partial charge in [0.1, 0.15) is 0 Å². The number of rotatable bonds is 2. The fourth-order valence-corrected chi connectivity index (χ4v) is 2.42. The third-order valence-electron chi connectivity index (χ3n) is 3.11. The lowest BCUT2D eigenvalue weighted by molar-refractivity contribution is 0.427. The topological polar surface area (TPSA) is 15.6 Å². The smallest absolute Gasteiger partial charge is 0.0455 e. The van der Waals surface area contributed by atoms with E-state index in [1.54, 1.807) is 0 Å². The highest BCUT2D eigenvalue weighted by atomic mass is 15.4. The van der Waals surface area contributed by atoms with Crippen molar-refractivity contribution in [1.29, 1.82) is 0 Å². The lowest BCUT2D eigenvalue weighted by Crippen LogP contribution is -2.20. The predicted molar refractivity (Wildman–Crippen MR) is 68.8 cm³/mol. The van der Waals surface area contributed by atoms with Crippen molar-refractivity contribution in [1.82, 2.24) is 5.01 Å². The number of hydrazone groups is 1. The van der Waals surface area contributed by atoms with Gasteiger partial charge in [-0.15, -0.1) is 0 Å². The molecule has 2 nitrogen and oxygen atoms in total. The first-order valence-electron chi connectivity index (χ1n) is 6.07. The molecule has 1 aromatic carbocycles. The van der Waals surface area contributed by atoms with Gasteiger partial charge < -0.3 is 5.01 Å². The Kier molecular flexibility index (Phi) is 3.60. The van der Waals surface area contributed by atoms with Gasteiger partial charge in [0.05, 0.1) is 0 Å². The van der Waals surface area contributed by atoms with Crippen molar-refractivity contribution in [2.75, 3.05) is 14.1 Å². The van der Waals surface area contributed by atoms with E-state index in [0.717, 1.165) is 6.42 Å². The molecule has 86 valence electrons. The summed E-state index contributed by atoms with van der Waals surface area (Å²) < 4.78 is 0. The molecule has 1 unspecified atom stereocenters. The second kappa shape index (κ2) is 5.15. The molecular formula is C14H20N2. The van der Waals surface area contributed by atoms with Gasteiger partial charge in [-0.1, -0.05) is 36.8 Å². The van der Waals surface area contributed by atoms with E-state index in [1.165, 1.54) is 30.5 Å². The normalized spacial score (nSPS) is 23.4. The van der Waals surface area contributed by atoms with Crippen LogP contribution in [0.4, 0.5) is 0 Å². The molecule has 2 rings (SSSR count). The zero-order valence-corrected chi connectivity index (χ0v) is 10.2. The van der Waals surface area contributed by atoms with Crippen molar-refractivity contribution >= 4 is 5.71 Å². The number of benzene rings is 1. The van der Waals surface area contributed by atoms with Gasteiger partial charge in [0, 0.05) is 25.7 Å². The molecule has 0 amide bonds. The molecule has 0 aliphatic heterocycles. The maximum atomic E-state index is 4.64. The standard InChI is InChI=1S/C14H20N2/c1-16(2)15-14-11-7-6-10-13(14)12-8-4-3-5-9-12/h3-5,8-9,13H,6-7,10-11H2,1-2H3. The minimum atomic E-state index is 0.539. The SMILES string of the molecule is CN(C)N=C1CCCCC1c1ccccc1. The first-order valence-corrected chi connectivity index (χ1v) is 6.07. The van der Waals surface area contributed by atoms with Crippen molar-refractivity contribution in [2.24, 2.45) is 5.10 Å². The first kappa shape index (κ1) is 11.2. The highest BCUT2D eigenvalue weighted by Crippen LogP contribution is 2.30. The summed E-state index contributed by atoms with van der Waals surface area (Å²) in [6, 6.07) is 10.8. The molecule has 0 bridgehead atoms. The van der Waals surface area contributed by atoms with Crippen LogP contribution < -0.4 is 0 Å². The summed E-state index contributed by atoms with van der Waals surface area (Å²) in [6.07, 6.45) is 5.01. The van der Waals surface area contributed by atoms with Crippen LogP contribution in [0, 0.1) is 0 Å². The van der Waals surface area contributed by atoms with E-state index in [-0.39, 0.29) is 0 Å². The Hall–Kier alpha value is -1.31. The molecule has 1 aliphatic rings. The maximum absolute atomic E-state index is 4.64. The molecular weight excluding hydrogens is 196 g/mol. The molecule has 0 radical (unpaired) electrons. The second-order valence-electron chi connectivity index (χ2n) is 4.65. The van der Waals surface area contributed by atoms with Crippen molar-refractivity contribution < 1.29 is 0 Å². The van der Waals surface area contributed by atoms with Crippen LogP contribution in [0.2, 0.25) is 0 Å². The van der Waals surface area contributed by atoms with E-state index in [9.17, 15) is 0 Å². The van der Waals surface area contributed by atoms with Crippen LogP contribution in [0.1, 0.15) is 37.2 Å². The zero-order valence-electron chi connectivity index (χ0n) is 10.2. The van der Waals surface area contributed by atoms with E-state index in [2.05, 4.69) is 35.4 Å². The van der Waals surface area contributed by atoms with Crippen LogP contribution in [0.25, 0.3) is 0 Å². The van der Waals surface area contributed by atoms with Gasteiger partial charge in [-0.3, -0.25) is 0 Å². The van der Waals surface area contributed by atoms with Gasteiger partial charge in [-0.05, 0) is 24.8 Å². The van der Waals surface area contributed by atoms with Crippen molar-refractivity contribution in [2.45, 2.75) is 31.6 Å². The van der Waals surface area contributed by atoms with Crippen LogP contribution in [0.5, 0.6) is 0 Å². The lowest BCUT2D eigenvalue weighted by atomic mass is 9.82. The quantitative estimate of drug-likeness (QED) is 0.693. The van der Waals surface area contributed by atoms with Gasteiger partial charge in [0.25, 0.3) is 0 Å². The van der Waals surface area contributed by atoms with Crippen molar-refractivity contribution in [3.63, 3.8) is 0 Å². The molecule has 0 aromatic heterocycles. The summed E-state index contributed by atoms with van der Waals surface area (Å²) in [6.45, 7) is 0. The maximum Gasteiger partial charge on any atom is 0.0455 e. The van der Waals surface area contributed by atoms with E-state index in [1.807, 2.05) is 19.1 Å². The minimum absolute atomic E-state index is 0.539. The summed E-state index contributed by atoms with van der Waals surface area (Å²) in [7, 11) is 4.01. The molecule has 1 atom stereocenters. The number of nitrogens with zero attached hydrogens (tertiary/aromatic N) is 2. The van der Waals surface area contributed by atoms with E-state index in [0.29, 0.717) is 5.92 Å². The average Bonchev–Trinajstić information content (AvgIpc) is 2.30. The third-order valence-corrected chi connectivity index (χ3v) is 3.11. The Morgan fingerprint density at radius 2 is 1.88 bits per heavy atom. The van der Waals surface area contributed by atoms with Crippen molar-refractivity contribution in [3.8, 4) is 0 Å². The predicted octanol–water partition coefficient (Wildman–Crippen LogP) is 3.26. The highest BCUT2D eigenvalue weighted by Gasteiger charge is 2.22. The Balaban J connectivity index is 2.23. The lowest BCUT2D eigenvalue weighted by Gasteiger charge is -2.25. The molecule has 0 saturated heterocycles. The fraction of sp³-hybridized carbons (Fsp3) is 0.500. The monoisotopic (exact) mass is 216 g/mol. The minimum Gasteiger partial charge on any atom is -0.303 e. The van der Waals surface area contributed by atoms with E-state index in [4.69, 9.17) is 0 Å². The molecule has 1 aliphatic carbocycles. The molecule has 0 heterocycles. The largest absolute Gasteiger partial charge is 0.303 e. The van der Waals surface area contributed by atoms with E-state index < -0.39 is 0 Å². The Bertz CT molecular complexity index is 354. The highest BCUT2D eigenvalue weighted by molar-refractivity contribution is 5.91. The molecule has 2 heteroatoms. The van der Waals surface area contributed by atoms with Gasteiger partial charge >= 0.3 is 0 Å². The Morgan fingerprint density at radius 3 is 2.56 bits per heavy atom. The van der Waals surface area contributed by atoms with Crippen LogP contribution in [-0.2, 0) is 0 Å².